The van der Waals surface area contributed by atoms with Crippen LogP contribution in [0.5, 0.6) is 0 Å². The largest absolute Gasteiger partial charge is 0.479 e. The van der Waals surface area contributed by atoms with Crippen LogP contribution in [0.25, 0.3) is 0 Å². The fraction of sp³-hybridized carbons (Fsp3) is 0.875. The number of carbonyl (C=O) groups is 1. The van der Waals surface area contributed by atoms with Gasteiger partial charge in [-0.25, -0.2) is 17.9 Å². The summed E-state index contributed by atoms with van der Waals surface area (Å²) in [6, 6.07) is 0. The van der Waals surface area contributed by atoms with Crippen LogP contribution in [0.15, 0.2) is 0 Å². The van der Waals surface area contributed by atoms with E-state index >= 15 is 0 Å². The van der Waals surface area contributed by atoms with E-state index in [1.165, 1.54) is 0 Å². The van der Waals surface area contributed by atoms with Crippen LogP contribution in [-0.4, -0.2) is 56.2 Å². The Bertz CT molecular complexity index is 302. The van der Waals surface area contributed by atoms with Gasteiger partial charge >= 0.3 is 5.97 Å². The highest BCUT2D eigenvalue weighted by atomic mass is 32.2. The van der Waals surface area contributed by atoms with Crippen molar-refractivity contribution >= 4 is 16.0 Å². The van der Waals surface area contributed by atoms with E-state index in [9.17, 15) is 13.2 Å². The number of carboxylic acids is 1. The predicted molar refractivity (Wildman–Crippen MR) is 56.5 cm³/mol. The van der Waals surface area contributed by atoms with Crippen LogP contribution in [0, 0.1) is 0 Å². The summed E-state index contributed by atoms with van der Waals surface area (Å²) in [5, 5.41) is 17.2. The van der Waals surface area contributed by atoms with Crippen LogP contribution < -0.4 is 4.72 Å². The van der Waals surface area contributed by atoms with Crippen LogP contribution in [0.1, 0.15) is 13.3 Å². The Morgan fingerprint density at radius 3 is 2.62 bits per heavy atom. The number of rotatable bonds is 9. The number of aliphatic hydroxyl groups is 1. The Balaban J connectivity index is 3.78. The van der Waals surface area contributed by atoms with Crippen molar-refractivity contribution in [2.24, 2.45) is 0 Å². The van der Waals surface area contributed by atoms with Gasteiger partial charge in [-0.05, 0) is 13.3 Å². The van der Waals surface area contributed by atoms with Crippen LogP contribution in [0.3, 0.4) is 0 Å². The first-order chi connectivity index (χ1) is 7.39. The zero-order valence-electron chi connectivity index (χ0n) is 9.05. The summed E-state index contributed by atoms with van der Waals surface area (Å²) >= 11 is 0. The van der Waals surface area contributed by atoms with Crippen molar-refractivity contribution < 1.29 is 28.2 Å². The molecule has 0 saturated heterocycles. The number of ether oxygens (including phenoxy) is 1. The van der Waals surface area contributed by atoms with Gasteiger partial charge in [0.25, 0.3) is 0 Å². The van der Waals surface area contributed by atoms with E-state index in [2.05, 4.69) is 4.72 Å². The monoisotopic (exact) mass is 255 g/mol. The summed E-state index contributed by atoms with van der Waals surface area (Å²) in [6.07, 6.45) is -1.71. The van der Waals surface area contributed by atoms with Crippen molar-refractivity contribution in [1.82, 2.24) is 4.72 Å². The Hall–Kier alpha value is -0.700. The summed E-state index contributed by atoms with van der Waals surface area (Å²) in [7, 11) is -3.45. The quantitative estimate of drug-likeness (QED) is 0.445. The molecular weight excluding hydrogens is 238 g/mol. The first-order valence-corrected chi connectivity index (χ1v) is 6.50. The van der Waals surface area contributed by atoms with Gasteiger partial charge in [-0.15, -0.1) is 0 Å². The minimum absolute atomic E-state index is 0.0906. The van der Waals surface area contributed by atoms with Crippen molar-refractivity contribution in [2.75, 3.05) is 25.5 Å². The topological polar surface area (TPSA) is 113 Å². The molecule has 7 nitrogen and oxygen atoms in total. The molecule has 0 aromatic heterocycles. The van der Waals surface area contributed by atoms with Crippen molar-refractivity contribution in [1.29, 1.82) is 0 Å². The minimum atomic E-state index is -3.45. The average Bonchev–Trinajstić information content (AvgIpc) is 2.17. The minimum Gasteiger partial charge on any atom is -0.479 e. The maximum Gasteiger partial charge on any atom is 0.332 e. The second kappa shape index (κ2) is 7.55. The number of sulfonamides is 1. The first kappa shape index (κ1) is 15.3. The van der Waals surface area contributed by atoms with Gasteiger partial charge in [-0.2, -0.15) is 0 Å². The third-order valence-electron chi connectivity index (χ3n) is 1.73. The Labute approximate surface area is 94.5 Å². The lowest BCUT2D eigenvalue weighted by Crippen LogP contribution is -2.32. The van der Waals surface area contributed by atoms with Crippen LogP contribution >= 0.6 is 0 Å². The molecule has 16 heavy (non-hydrogen) atoms. The number of aliphatic hydroxyl groups excluding tert-OH is 1. The zero-order chi connectivity index (χ0) is 12.6. The second-order valence-electron chi connectivity index (χ2n) is 3.05. The number of carboxylic acid groups (broad SMARTS) is 1. The highest BCUT2D eigenvalue weighted by Gasteiger charge is 2.15. The lowest BCUT2D eigenvalue weighted by atomic mass is 10.3. The van der Waals surface area contributed by atoms with E-state index < -0.39 is 22.1 Å². The van der Waals surface area contributed by atoms with Gasteiger partial charge in [0, 0.05) is 13.2 Å². The SMILES string of the molecule is CCOCCS(=O)(=O)NCC[C@H](O)C(=O)O. The molecule has 0 aliphatic rings. The smallest absolute Gasteiger partial charge is 0.332 e. The van der Waals surface area contributed by atoms with Gasteiger partial charge in [0.15, 0.2) is 6.10 Å². The molecule has 96 valence electrons. The highest BCUT2D eigenvalue weighted by molar-refractivity contribution is 7.89. The van der Waals surface area contributed by atoms with Crippen molar-refractivity contribution in [3.05, 3.63) is 0 Å². The molecule has 0 radical (unpaired) electrons. The fourth-order valence-electron chi connectivity index (χ4n) is 0.860. The number of nitrogens with one attached hydrogen (secondary N) is 1. The Kier molecular flexibility index (Phi) is 7.22. The maximum atomic E-state index is 11.2. The molecule has 8 heteroatoms. The molecule has 0 aliphatic carbocycles. The molecule has 0 aromatic rings. The molecule has 0 spiro atoms. The van der Waals surface area contributed by atoms with Crippen molar-refractivity contribution in [2.45, 2.75) is 19.4 Å². The highest BCUT2D eigenvalue weighted by Crippen LogP contribution is 1.92. The van der Waals surface area contributed by atoms with E-state index in [-0.39, 0.29) is 25.3 Å². The molecule has 0 fully saturated rings. The Morgan fingerprint density at radius 1 is 1.50 bits per heavy atom. The van der Waals surface area contributed by atoms with Crippen molar-refractivity contribution in [3.63, 3.8) is 0 Å². The number of hydrogen-bond donors (Lipinski definition) is 3. The molecule has 0 rings (SSSR count). The lowest BCUT2D eigenvalue weighted by Gasteiger charge is -2.08. The number of hydrogen-bond acceptors (Lipinski definition) is 5. The summed E-state index contributed by atoms with van der Waals surface area (Å²) < 4.78 is 29.5. The van der Waals surface area contributed by atoms with E-state index in [1.54, 1.807) is 6.92 Å². The molecule has 0 aromatic carbocycles. The third kappa shape index (κ3) is 7.57. The van der Waals surface area contributed by atoms with E-state index in [1.807, 2.05) is 0 Å². The maximum absolute atomic E-state index is 11.2. The molecule has 1 atom stereocenters. The standard InChI is InChI=1S/C8H17NO6S/c1-2-15-5-6-16(13,14)9-4-3-7(10)8(11)12/h7,9-10H,2-6H2,1H3,(H,11,12)/t7-/m0/s1. The number of aliphatic carboxylic acids is 1. The van der Waals surface area contributed by atoms with E-state index in [4.69, 9.17) is 14.9 Å². The van der Waals surface area contributed by atoms with Gasteiger partial charge in [0.05, 0.1) is 12.4 Å². The van der Waals surface area contributed by atoms with Crippen LogP contribution in [0.4, 0.5) is 0 Å². The summed E-state index contributed by atoms with van der Waals surface area (Å²) in [4.78, 5) is 10.2. The van der Waals surface area contributed by atoms with Gasteiger partial charge < -0.3 is 14.9 Å². The van der Waals surface area contributed by atoms with Crippen LogP contribution in [-0.2, 0) is 19.6 Å². The molecule has 0 heterocycles. The fourth-order valence-corrected chi connectivity index (χ4v) is 1.77. The third-order valence-corrected chi connectivity index (χ3v) is 3.07. The lowest BCUT2D eigenvalue weighted by molar-refractivity contribution is -0.146. The molecule has 0 unspecified atom stereocenters. The summed E-state index contributed by atoms with van der Waals surface area (Å²) in [5.41, 5.74) is 0. The van der Waals surface area contributed by atoms with Gasteiger partial charge in [0.2, 0.25) is 10.0 Å². The molecular formula is C8H17NO6S. The molecule has 3 N–H and O–H groups in total. The molecule has 0 saturated carbocycles. The Morgan fingerprint density at radius 2 is 2.12 bits per heavy atom. The second-order valence-corrected chi connectivity index (χ2v) is 4.98. The zero-order valence-corrected chi connectivity index (χ0v) is 9.87. The van der Waals surface area contributed by atoms with E-state index in [0.29, 0.717) is 6.61 Å². The molecule has 0 aliphatic heterocycles. The predicted octanol–water partition coefficient (Wildman–Crippen LogP) is -1.22. The van der Waals surface area contributed by atoms with Crippen molar-refractivity contribution in [3.8, 4) is 0 Å². The summed E-state index contributed by atoms with van der Waals surface area (Å²) in [6.45, 7) is 2.17. The molecule has 0 bridgehead atoms. The van der Waals surface area contributed by atoms with E-state index in [0.717, 1.165) is 0 Å². The summed E-state index contributed by atoms with van der Waals surface area (Å²) in [5.74, 6) is -1.54. The van der Waals surface area contributed by atoms with Gasteiger partial charge in [0.1, 0.15) is 0 Å². The normalized spacial score (nSPS) is 13.6. The van der Waals surface area contributed by atoms with Gasteiger partial charge in [-0.3, -0.25) is 0 Å². The first-order valence-electron chi connectivity index (χ1n) is 4.85. The van der Waals surface area contributed by atoms with Crippen LogP contribution in [0.2, 0.25) is 0 Å². The molecule has 0 amide bonds. The van der Waals surface area contributed by atoms with Gasteiger partial charge in [-0.1, -0.05) is 0 Å². The average molecular weight is 255 g/mol.